The van der Waals surface area contributed by atoms with Gasteiger partial charge in [0.15, 0.2) is 0 Å². The first-order valence-corrected chi connectivity index (χ1v) is 11.8. The minimum Gasteiger partial charge on any atom is -0.382 e. The van der Waals surface area contributed by atoms with Gasteiger partial charge in [-0.25, -0.2) is 13.4 Å². The van der Waals surface area contributed by atoms with Crippen molar-refractivity contribution < 1.29 is 8.42 Å². The molecule has 2 aromatic carbocycles. The zero-order valence-corrected chi connectivity index (χ0v) is 18.5. The quantitative estimate of drug-likeness (QED) is 0.644. The molecule has 0 amide bonds. The van der Waals surface area contributed by atoms with Crippen molar-refractivity contribution in [3.8, 4) is 0 Å². The number of aromatic nitrogens is 2. The molecule has 1 aliphatic rings. The van der Waals surface area contributed by atoms with Crippen LogP contribution in [0.15, 0.2) is 76.7 Å². The third-order valence-electron chi connectivity index (χ3n) is 5.55. The third-order valence-corrected chi connectivity index (χ3v) is 7.34. The van der Waals surface area contributed by atoms with Crippen LogP contribution >= 0.6 is 0 Å². The van der Waals surface area contributed by atoms with Gasteiger partial charge in [0.1, 0.15) is 10.7 Å². The maximum absolute atomic E-state index is 13.0. The van der Waals surface area contributed by atoms with E-state index in [1.54, 1.807) is 12.1 Å². The lowest BCUT2D eigenvalue weighted by molar-refractivity contribution is 0.595. The Balaban J connectivity index is 1.55. The Morgan fingerprint density at radius 1 is 1.03 bits per heavy atom. The van der Waals surface area contributed by atoms with E-state index in [1.807, 2.05) is 35.2 Å². The number of nitrogens with zero attached hydrogens (tertiary/aromatic N) is 3. The van der Waals surface area contributed by atoms with Gasteiger partial charge >= 0.3 is 0 Å². The number of benzene rings is 2. The van der Waals surface area contributed by atoms with Crippen LogP contribution in [0.25, 0.3) is 5.57 Å². The van der Waals surface area contributed by atoms with Crippen molar-refractivity contribution in [2.24, 2.45) is 0 Å². The van der Waals surface area contributed by atoms with E-state index in [9.17, 15) is 8.42 Å². The molecule has 0 saturated carbocycles. The Morgan fingerprint density at radius 2 is 1.74 bits per heavy atom. The number of rotatable bonds is 5. The van der Waals surface area contributed by atoms with Gasteiger partial charge in [0, 0.05) is 13.1 Å². The van der Waals surface area contributed by atoms with Crippen LogP contribution in [0, 0.1) is 0 Å². The number of nitrogen functional groups attached to an aromatic ring is 1. The summed E-state index contributed by atoms with van der Waals surface area (Å²) in [5.74, 6) is 0.733. The van der Waals surface area contributed by atoms with E-state index in [-0.39, 0.29) is 15.6 Å². The van der Waals surface area contributed by atoms with Crippen molar-refractivity contribution in [1.82, 2.24) is 9.97 Å². The molecule has 0 radical (unpaired) electrons. The summed E-state index contributed by atoms with van der Waals surface area (Å²) in [4.78, 5) is 10.8. The van der Waals surface area contributed by atoms with Crippen LogP contribution in [0.2, 0.25) is 0 Å². The van der Waals surface area contributed by atoms with Gasteiger partial charge in [-0.1, -0.05) is 62.4 Å². The smallest absolute Gasteiger partial charge is 0.227 e. The Labute approximate surface area is 183 Å². The number of anilines is 2. The van der Waals surface area contributed by atoms with Crippen molar-refractivity contribution in [3.63, 3.8) is 0 Å². The van der Waals surface area contributed by atoms with Gasteiger partial charge in [-0.3, -0.25) is 0 Å². The van der Waals surface area contributed by atoms with E-state index in [0.717, 1.165) is 18.5 Å². The monoisotopic (exact) mass is 434 g/mol. The molecule has 3 aromatic rings. The Morgan fingerprint density at radius 3 is 2.32 bits per heavy atom. The molecule has 7 heteroatoms. The molecule has 0 atom stereocenters. The van der Waals surface area contributed by atoms with E-state index in [0.29, 0.717) is 18.4 Å². The van der Waals surface area contributed by atoms with E-state index >= 15 is 0 Å². The normalized spacial score (nSPS) is 14.5. The molecular weight excluding hydrogens is 408 g/mol. The molecule has 0 spiro atoms. The van der Waals surface area contributed by atoms with Gasteiger partial charge in [-0.05, 0) is 41.2 Å². The molecule has 2 N–H and O–H groups in total. The second kappa shape index (κ2) is 8.51. The van der Waals surface area contributed by atoms with Crippen molar-refractivity contribution >= 4 is 27.2 Å². The summed E-state index contributed by atoms with van der Waals surface area (Å²) in [6, 6.07) is 17.1. The summed E-state index contributed by atoms with van der Waals surface area (Å²) in [6.07, 6.45) is 4.33. The highest BCUT2D eigenvalue weighted by atomic mass is 32.2. The first kappa shape index (κ1) is 21.1. The zero-order valence-electron chi connectivity index (χ0n) is 17.7. The lowest BCUT2D eigenvalue weighted by Gasteiger charge is -2.27. The largest absolute Gasteiger partial charge is 0.382 e. The van der Waals surface area contributed by atoms with Crippen LogP contribution in [-0.4, -0.2) is 31.5 Å². The van der Waals surface area contributed by atoms with Gasteiger partial charge in [-0.2, -0.15) is 4.98 Å². The molecule has 0 aliphatic carbocycles. The fourth-order valence-corrected chi connectivity index (χ4v) is 4.92. The predicted octanol–water partition coefficient (Wildman–Crippen LogP) is 4.31. The molecule has 0 unspecified atom stereocenters. The van der Waals surface area contributed by atoms with Gasteiger partial charge in [0.2, 0.25) is 15.8 Å². The van der Waals surface area contributed by atoms with E-state index in [2.05, 4.69) is 42.0 Å². The maximum atomic E-state index is 13.0. The summed E-state index contributed by atoms with van der Waals surface area (Å²) in [6.45, 7) is 5.51. The SMILES string of the molecule is CC(C)c1ccc(S(=O)(=O)c2cnc(N3CC=C(c4ccccc4)CC3)nc2N)cc1. The van der Waals surface area contributed by atoms with Crippen LogP contribution in [-0.2, 0) is 9.84 Å². The van der Waals surface area contributed by atoms with Crippen LogP contribution < -0.4 is 10.6 Å². The fourth-order valence-electron chi connectivity index (χ4n) is 3.66. The van der Waals surface area contributed by atoms with Crippen LogP contribution in [0.4, 0.5) is 11.8 Å². The summed E-state index contributed by atoms with van der Waals surface area (Å²) in [7, 11) is -3.78. The number of hydrogen-bond donors (Lipinski definition) is 1. The molecule has 4 rings (SSSR count). The van der Waals surface area contributed by atoms with Crippen LogP contribution in [0.5, 0.6) is 0 Å². The van der Waals surface area contributed by atoms with Crippen LogP contribution in [0.1, 0.15) is 37.3 Å². The minimum absolute atomic E-state index is 0.0317. The molecule has 31 heavy (non-hydrogen) atoms. The van der Waals surface area contributed by atoms with Gasteiger partial charge in [0.25, 0.3) is 0 Å². The summed E-state index contributed by atoms with van der Waals surface area (Å²) in [5.41, 5.74) is 9.65. The van der Waals surface area contributed by atoms with E-state index < -0.39 is 9.84 Å². The predicted molar refractivity (Wildman–Crippen MR) is 124 cm³/mol. The minimum atomic E-state index is -3.78. The number of hydrogen-bond acceptors (Lipinski definition) is 6. The Kier molecular flexibility index (Phi) is 5.78. The van der Waals surface area contributed by atoms with Crippen molar-refractivity contribution in [1.29, 1.82) is 0 Å². The van der Waals surface area contributed by atoms with Crippen LogP contribution in [0.3, 0.4) is 0 Å². The van der Waals surface area contributed by atoms with Gasteiger partial charge in [-0.15, -0.1) is 0 Å². The lowest BCUT2D eigenvalue weighted by atomic mass is 10.00. The molecule has 1 aliphatic heterocycles. The van der Waals surface area contributed by atoms with Gasteiger partial charge in [0.05, 0.1) is 11.1 Å². The summed E-state index contributed by atoms with van der Waals surface area (Å²) < 4.78 is 26.1. The maximum Gasteiger partial charge on any atom is 0.227 e. The molecule has 2 heterocycles. The zero-order chi connectivity index (χ0) is 22.0. The molecular formula is C24H26N4O2S. The standard InChI is InChI=1S/C24H26N4O2S/c1-17(2)18-8-10-21(11-9-18)31(29,30)22-16-26-24(27-23(22)25)28-14-12-20(13-15-28)19-6-4-3-5-7-19/h3-12,16-17H,13-15H2,1-2H3,(H2,25,26,27). The third kappa shape index (κ3) is 4.32. The average Bonchev–Trinajstić information content (AvgIpc) is 2.79. The highest BCUT2D eigenvalue weighted by Gasteiger charge is 2.24. The molecule has 0 fully saturated rings. The van der Waals surface area contributed by atoms with E-state index in [1.165, 1.54) is 17.3 Å². The first-order valence-electron chi connectivity index (χ1n) is 10.3. The molecule has 6 nitrogen and oxygen atoms in total. The average molecular weight is 435 g/mol. The highest BCUT2D eigenvalue weighted by Crippen LogP contribution is 2.28. The van der Waals surface area contributed by atoms with Gasteiger partial charge < -0.3 is 10.6 Å². The number of sulfone groups is 1. The van der Waals surface area contributed by atoms with Crippen molar-refractivity contribution in [2.45, 2.75) is 36.0 Å². The highest BCUT2D eigenvalue weighted by molar-refractivity contribution is 7.91. The van der Waals surface area contributed by atoms with Crippen molar-refractivity contribution in [2.75, 3.05) is 23.7 Å². The van der Waals surface area contributed by atoms with Crippen molar-refractivity contribution in [3.05, 3.63) is 78.0 Å². The first-order chi connectivity index (χ1) is 14.9. The molecule has 0 saturated heterocycles. The van der Waals surface area contributed by atoms with E-state index in [4.69, 9.17) is 5.73 Å². The fraction of sp³-hybridized carbons (Fsp3) is 0.250. The topological polar surface area (TPSA) is 89.2 Å². The molecule has 0 bridgehead atoms. The summed E-state index contributed by atoms with van der Waals surface area (Å²) >= 11 is 0. The second-order valence-electron chi connectivity index (χ2n) is 7.94. The number of nitrogens with two attached hydrogens (primary N) is 1. The lowest BCUT2D eigenvalue weighted by Crippen LogP contribution is -2.30. The molecule has 160 valence electrons. The molecule has 1 aromatic heterocycles. The Bertz CT molecular complexity index is 1200. The Hall–Kier alpha value is -3.19. The summed E-state index contributed by atoms with van der Waals surface area (Å²) in [5, 5.41) is 0. The second-order valence-corrected chi connectivity index (χ2v) is 9.86.